The lowest BCUT2D eigenvalue weighted by molar-refractivity contribution is 0.200. The van der Waals surface area contributed by atoms with Gasteiger partial charge in [0, 0.05) is 43.2 Å². The lowest BCUT2D eigenvalue weighted by Gasteiger charge is -2.31. The van der Waals surface area contributed by atoms with Crippen molar-refractivity contribution in [1.82, 2.24) is 44.0 Å². The maximum absolute atomic E-state index is 12.0. The van der Waals surface area contributed by atoms with E-state index >= 15 is 0 Å². The Morgan fingerprint density at radius 3 is 2.77 bits per heavy atom. The fraction of sp³-hybridized carbons (Fsp3) is 0.400. The van der Waals surface area contributed by atoms with Crippen LogP contribution in [-0.2, 0) is 6.54 Å². The molecule has 0 unspecified atom stereocenters. The number of fused-ring (bicyclic) bond motifs is 1. The third kappa shape index (κ3) is 3.61. The summed E-state index contributed by atoms with van der Waals surface area (Å²) < 4.78 is 5.24. The Morgan fingerprint density at radius 2 is 2.00 bits per heavy atom. The zero-order chi connectivity index (χ0) is 20.5. The maximum atomic E-state index is 12.0. The van der Waals surface area contributed by atoms with Crippen LogP contribution in [0.5, 0.6) is 0 Å². The van der Waals surface area contributed by atoms with Crippen molar-refractivity contribution in [3.8, 4) is 5.82 Å². The van der Waals surface area contributed by atoms with Gasteiger partial charge in [-0.05, 0) is 51.1 Å². The summed E-state index contributed by atoms with van der Waals surface area (Å²) in [4.78, 5) is 18.6. The molecule has 1 saturated heterocycles. The molecule has 1 aliphatic rings. The summed E-state index contributed by atoms with van der Waals surface area (Å²) >= 11 is 0. The van der Waals surface area contributed by atoms with Gasteiger partial charge in [-0.2, -0.15) is 9.61 Å². The van der Waals surface area contributed by atoms with Crippen LogP contribution in [0.15, 0.2) is 47.8 Å². The van der Waals surface area contributed by atoms with Crippen molar-refractivity contribution < 1.29 is 0 Å². The van der Waals surface area contributed by atoms with E-state index in [4.69, 9.17) is 5.10 Å². The molecule has 10 nitrogen and oxygen atoms in total. The average Bonchev–Trinajstić information content (AvgIpc) is 3.43. The molecule has 0 atom stereocenters. The summed E-state index contributed by atoms with van der Waals surface area (Å²) in [5, 5.41) is 17.7. The molecule has 1 fully saturated rings. The van der Waals surface area contributed by atoms with E-state index in [2.05, 4.69) is 25.2 Å². The van der Waals surface area contributed by atoms with E-state index in [1.165, 1.54) is 0 Å². The van der Waals surface area contributed by atoms with Crippen LogP contribution in [0.1, 0.15) is 30.3 Å². The van der Waals surface area contributed by atoms with Gasteiger partial charge >= 0.3 is 0 Å². The number of aryl methyl sites for hydroxylation is 1. The van der Waals surface area contributed by atoms with E-state index in [0.29, 0.717) is 12.5 Å². The Hall–Kier alpha value is -3.40. The van der Waals surface area contributed by atoms with Crippen LogP contribution in [0.4, 0.5) is 0 Å². The first-order chi connectivity index (χ1) is 14.7. The highest BCUT2D eigenvalue weighted by Crippen LogP contribution is 2.26. The molecule has 5 heterocycles. The zero-order valence-electron chi connectivity index (χ0n) is 16.8. The van der Waals surface area contributed by atoms with Crippen molar-refractivity contribution in [3.05, 3.63) is 64.9 Å². The predicted octanol–water partition coefficient (Wildman–Crippen LogP) is 1.05. The summed E-state index contributed by atoms with van der Waals surface area (Å²) in [6.45, 7) is 5.22. The molecule has 30 heavy (non-hydrogen) atoms. The smallest absolute Gasteiger partial charge is 0.253 e. The van der Waals surface area contributed by atoms with Crippen molar-refractivity contribution in [2.24, 2.45) is 0 Å². The summed E-state index contributed by atoms with van der Waals surface area (Å²) in [6.07, 6.45) is 7.20. The van der Waals surface area contributed by atoms with E-state index in [-0.39, 0.29) is 5.56 Å². The maximum Gasteiger partial charge on any atom is 0.253 e. The summed E-state index contributed by atoms with van der Waals surface area (Å²) in [5.74, 6) is 1.95. The van der Waals surface area contributed by atoms with Crippen molar-refractivity contribution in [1.29, 1.82) is 0 Å². The number of nitrogens with zero attached hydrogens (tertiary/aromatic N) is 9. The Bertz CT molecular complexity index is 1200. The van der Waals surface area contributed by atoms with E-state index in [0.717, 1.165) is 55.5 Å². The number of aromatic nitrogens is 8. The van der Waals surface area contributed by atoms with Gasteiger partial charge in [-0.3, -0.25) is 9.36 Å². The lowest BCUT2D eigenvalue weighted by Crippen LogP contribution is -2.37. The van der Waals surface area contributed by atoms with Gasteiger partial charge in [0.05, 0.1) is 6.33 Å². The highest BCUT2D eigenvalue weighted by atomic mass is 16.1. The van der Waals surface area contributed by atoms with Gasteiger partial charge in [0.15, 0.2) is 17.3 Å². The molecular weight excluding hydrogens is 382 g/mol. The van der Waals surface area contributed by atoms with Gasteiger partial charge in [0.2, 0.25) is 0 Å². The zero-order valence-corrected chi connectivity index (χ0v) is 16.8. The lowest BCUT2D eigenvalue weighted by atomic mass is 9.96. The molecule has 0 aromatic carbocycles. The van der Waals surface area contributed by atoms with Crippen LogP contribution in [-0.4, -0.2) is 63.7 Å². The van der Waals surface area contributed by atoms with Crippen LogP contribution >= 0.6 is 0 Å². The van der Waals surface area contributed by atoms with Crippen molar-refractivity contribution in [2.75, 3.05) is 19.6 Å². The van der Waals surface area contributed by atoms with Gasteiger partial charge in [-0.1, -0.05) is 0 Å². The Kier molecular flexibility index (Phi) is 4.83. The molecule has 0 N–H and O–H groups in total. The Labute approximate surface area is 172 Å². The Balaban J connectivity index is 1.26. The average molecular weight is 405 g/mol. The molecule has 0 saturated carbocycles. The largest absolute Gasteiger partial charge is 0.302 e. The van der Waals surface area contributed by atoms with Crippen LogP contribution in [0.3, 0.4) is 0 Å². The van der Waals surface area contributed by atoms with Crippen molar-refractivity contribution in [3.63, 3.8) is 0 Å². The second-order valence-electron chi connectivity index (χ2n) is 7.65. The minimum absolute atomic E-state index is 0.00590. The monoisotopic (exact) mass is 405 g/mol. The van der Waals surface area contributed by atoms with E-state index in [1.807, 2.05) is 35.8 Å². The van der Waals surface area contributed by atoms with Gasteiger partial charge in [-0.25, -0.2) is 9.67 Å². The standard InChI is InChI=1S/C20H23N9O/c1-15-13-19(30)27(14-21-15)12-11-26-9-5-16(6-10-26)20-24-23-17-3-4-18(25-29(17)20)28-8-2-7-22-28/h2-4,7-8,13-14,16H,5-6,9-12H2,1H3. The molecule has 0 aliphatic carbocycles. The van der Waals surface area contributed by atoms with Crippen molar-refractivity contribution in [2.45, 2.75) is 32.2 Å². The highest BCUT2D eigenvalue weighted by molar-refractivity contribution is 5.39. The summed E-state index contributed by atoms with van der Waals surface area (Å²) in [5.41, 5.74) is 1.50. The molecule has 4 aromatic rings. The van der Waals surface area contributed by atoms with E-state index in [1.54, 1.807) is 27.8 Å². The molecular formula is C20H23N9O. The molecule has 1 aliphatic heterocycles. The molecule has 0 spiro atoms. The van der Waals surface area contributed by atoms with Gasteiger partial charge in [0.25, 0.3) is 5.56 Å². The highest BCUT2D eigenvalue weighted by Gasteiger charge is 2.25. The third-order valence-electron chi connectivity index (χ3n) is 5.64. The molecule has 4 aromatic heterocycles. The minimum Gasteiger partial charge on any atom is -0.302 e. The third-order valence-corrected chi connectivity index (χ3v) is 5.64. The van der Waals surface area contributed by atoms with Gasteiger partial charge < -0.3 is 4.90 Å². The van der Waals surface area contributed by atoms with Crippen LogP contribution < -0.4 is 5.56 Å². The number of hydrogen-bond acceptors (Lipinski definition) is 7. The quantitative estimate of drug-likeness (QED) is 0.489. The number of rotatable bonds is 5. The molecule has 10 heteroatoms. The fourth-order valence-electron chi connectivity index (χ4n) is 3.93. The van der Waals surface area contributed by atoms with E-state index < -0.39 is 0 Å². The topological polar surface area (TPSA) is 99.0 Å². The number of likely N-dealkylation sites (tertiary alicyclic amines) is 1. The first kappa shape index (κ1) is 18.6. The molecule has 0 radical (unpaired) electrons. The van der Waals surface area contributed by atoms with E-state index in [9.17, 15) is 4.79 Å². The second kappa shape index (κ2) is 7.79. The van der Waals surface area contributed by atoms with Crippen LogP contribution in [0.2, 0.25) is 0 Å². The summed E-state index contributed by atoms with van der Waals surface area (Å²) in [6, 6.07) is 7.26. The second-order valence-corrected chi connectivity index (χ2v) is 7.65. The first-order valence-electron chi connectivity index (χ1n) is 10.2. The van der Waals surface area contributed by atoms with Gasteiger partial charge in [-0.15, -0.1) is 15.3 Å². The van der Waals surface area contributed by atoms with Crippen molar-refractivity contribution >= 4 is 5.65 Å². The molecule has 5 rings (SSSR count). The number of hydrogen-bond donors (Lipinski definition) is 0. The fourth-order valence-corrected chi connectivity index (χ4v) is 3.93. The van der Waals surface area contributed by atoms with Gasteiger partial charge in [0.1, 0.15) is 0 Å². The minimum atomic E-state index is 0.00590. The predicted molar refractivity (Wildman–Crippen MR) is 110 cm³/mol. The summed E-state index contributed by atoms with van der Waals surface area (Å²) in [7, 11) is 0. The SMILES string of the molecule is Cc1cc(=O)n(CCN2CCC(c3nnc4ccc(-n5cccn5)nn34)CC2)cn1. The molecule has 0 amide bonds. The first-order valence-corrected chi connectivity index (χ1v) is 10.2. The normalized spacial score (nSPS) is 15.8. The number of piperidine rings is 1. The molecule has 0 bridgehead atoms. The Morgan fingerprint density at radius 1 is 1.13 bits per heavy atom. The van der Waals surface area contributed by atoms with Crippen LogP contribution in [0, 0.1) is 6.92 Å². The molecule has 154 valence electrons. The van der Waals surface area contributed by atoms with Crippen LogP contribution in [0.25, 0.3) is 11.5 Å².